The van der Waals surface area contributed by atoms with Crippen LogP contribution < -0.4 is 15.0 Å². The molecule has 2 atom stereocenters. The van der Waals surface area contributed by atoms with E-state index in [0.717, 1.165) is 0 Å². The highest BCUT2D eigenvalue weighted by Crippen LogP contribution is 2.33. The zero-order valence-corrected chi connectivity index (χ0v) is 14.7. The molecule has 2 unspecified atom stereocenters. The molecule has 1 aliphatic rings. The normalized spacial score (nSPS) is 18.3. The standard InChI is InChI=1S/C18H24N2O5/c1-4-25-14-8-6-5-7-13(14)20-10-12(9-15(20)21)17(22)19-16(11(2)3)18(23)24/h5-8,11-12,16H,4,9-10H2,1-3H3,(H,19,22)(H,23,24). The van der Waals surface area contributed by atoms with Gasteiger partial charge < -0.3 is 20.1 Å². The summed E-state index contributed by atoms with van der Waals surface area (Å²) in [7, 11) is 0. The van der Waals surface area contributed by atoms with E-state index in [1.165, 1.54) is 4.90 Å². The number of para-hydroxylation sites is 2. The minimum absolute atomic E-state index is 0.0523. The van der Waals surface area contributed by atoms with Gasteiger partial charge in [-0.3, -0.25) is 9.59 Å². The monoisotopic (exact) mass is 348 g/mol. The van der Waals surface area contributed by atoms with E-state index in [1.807, 2.05) is 13.0 Å². The molecule has 1 aromatic carbocycles. The predicted molar refractivity (Wildman–Crippen MR) is 92.5 cm³/mol. The molecule has 0 bridgehead atoms. The Morgan fingerprint density at radius 3 is 2.64 bits per heavy atom. The number of anilines is 1. The third-order valence-electron chi connectivity index (χ3n) is 4.18. The maximum Gasteiger partial charge on any atom is 0.326 e. The summed E-state index contributed by atoms with van der Waals surface area (Å²) in [4.78, 5) is 37.6. The van der Waals surface area contributed by atoms with Gasteiger partial charge in [-0.15, -0.1) is 0 Å². The molecule has 0 aliphatic carbocycles. The molecule has 0 radical (unpaired) electrons. The van der Waals surface area contributed by atoms with Crippen molar-refractivity contribution in [1.82, 2.24) is 5.32 Å². The van der Waals surface area contributed by atoms with Gasteiger partial charge >= 0.3 is 5.97 Å². The largest absolute Gasteiger partial charge is 0.492 e. The van der Waals surface area contributed by atoms with Crippen molar-refractivity contribution in [3.8, 4) is 5.75 Å². The van der Waals surface area contributed by atoms with Gasteiger partial charge in [0.05, 0.1) is 18.2 Å². The quantitative estimate of drug-likeness (QED) is 0.781. The third-order valence-corrected chi connectivity index (χ3v) is 4.18. The van der Waals surface area contributed by atoms with Crippen LogP contribution in [0.3, 0.4) is 0 Å². The first kappa shape index (κ1) is 18.8. The van der Waals surface area contributed by atoms with Crippen molar-refractivity contribution >= 4 is 23.5 Å². The van der Waals surface area contributed by atoms with Crippen LogP contribution in [0.15, 0.2) is 24.3 Å². The summed E-state index contributed by atoms with van der Waals surface area (Å²) in [5.74, 6) is -1.90. The number of carbonyl (C=O) groups excluding carboxylic acids is 2. The van der Waals surface area contributed by atoms with Crippen LogP contribution in [0.2, 0.25) is 0 Å². The summed E-state index contributed by atoms with van der Waals surface area (Å²) < 4.78 is 5.55. The number of nitrogens with zero attached hydrogens (tertiary/aromatic N) is 1. The summed E-state index contributed by atoms with van der Waals surface area (Å²) in [6.07, 6.45) is 0.0523. The van der Waals surface area contributed by atoms with Crippen molar-refractivity contribution in [2.75, 3.05) is 18.1 Å². The minimum atomic E-state index is -1.08. The highest BCUT2D eigenvalue weighted by Gasteiger charge is 2.37. The van der Waals surface area contributed by atoms with E-state index in [4.69, 9.17) is 4.74 Å². The van der Waals surface area contributed by atoms with Crippen molar-refractivity contribution in [3.05, 3.63) is 24.3 Å². The SMILES string of the molecule is CCOc1ccccc1N1CC(C(=O)NC(C(=O)O)C(C)C)CC1=O. The Balaban J connectivity index is 2.12. The maximum atomic E-state index is 12.4. The number of rotatable bonds is 7. The van der Waals surface area contributed by atoms with Crippen molar-refractivity contribution in [3.63, 3.8) is 0 Å². The molecule has 0 saturated carbocycles. The number of benzene rings is 1. The van der Waals surface area contributed by atoms with E-state index in [-0.39, 0.29) is 24.8 Å². The molecule has 0 aromatic heterocycles. The van der Waals surface area contributed by atoms with Gasteiger partial charge in [0.2, 0.25) is 11.8 Å². The number of ether oxygens (including phenoxy) is 1. The predicted octanol–water partition coefficient (Wildman–Crippen LogP) is 1.66. The van der Waals surface area contributed by atoms with Crippen molar-refractivity contribution in [2.45, 2.75) is 33.2 Å². The third kappa shape index (κ3) is 4.29. The van der Waals surface area contributed by atoms with Crippen LogP contribution in [0.1, 0.15) is 27.2 Å². The van der Waals surface area contributed by atoms with Gasteiger partial charge in [-0.1, -0.05) is 26.0 Å². The van der Waals surface area contributed by atoms with Crippen LogP contribution in [-0.2, 0) is 14.4 Å². The average molecular weight is 348 g/mol. The molecule has 1 aromatic rings. The number of aliphatic carboxylic acids is 1. The summed E-state index contributed by atoms with van der Waals surface area (Å²) in [6.45, 7) is 5.99. The first-order valence-electron chi connectivity index (χ1n) is 8.40. The molecule has 7 heteroatoms. The van der Waals surface area contributed by atoms with Crippen molar-refractivity contribution in [2.24, 2.45) is 11.8 Å². The lowest BCUT2D eigenvalue weighted by Crippen LogP contribution is -2.47. The van der Waals surface area contributed by atoms with Crippen LogP contribution in [0.5, 0.6) is 5.75 Å². The first-order valence-corrected chi connectivity index (χ1v) is 8.40. The Labute approximate surface area is 147 Å². The number of hydrogen-bond donors (Lipinski definition) is 2. The first-order chi connectivity index (χ1) is 11.8. The summed E-state index contributed by atoms with van der Waals surface area (Å²) in [6, 6.07) is 6.21. The highest BCUT2D eigenvalue weighted by molar-refractivity contribution is 6.01. The Hall–Kier alpha value is -2.57. The van der Waals surface area contributed by atoms with E-state index in [9.17, 15) is 19.5 Å². The molecule has 2 amide bonds. The summed E-state index contributed by atoms with van der Waals surface area (Å²) in [5, 5.41) is 11.7. The Kier molecular flexibility index (Phi) is 6.01. The number of carbonyl (C=O) groups is 3. The second kappa shape index (κ2) is 8.00. The number of amides is 2. The Bertz CT molecular complexity index is 659. The van der Waals surface area contributed by atoms with E-state index in [1.54, 1.807) is 32.0 Å². The summed E-state index contributed by atoms with van der Waals surface area (Å²) >= 11 is 0. The minimum Gasteiger partial charge on any atom is -0.492 e. The molecule has 1 fully saturated rings. The Morgan fingerprint density at radius 2 is 2.04 bits per heavy atom. The topological polar surface area (TPSA) is 95.9 Å². The Morgan fingerprint density at radius 1 is 1.36 bits per heavy atom. The lowest BCUT2D eigenvalue weighted by atomic mass is 10.0. The molecule has 2 N–H and O–H groups in total. The van der Waals surface area contributed by atoms with Crippen LogP contribution >= 0.6 is 0 Å². The fraction of sp³-hybridized carbons (Fsp3) is 0.500. The van der Waals surface area contributed by atoms with Gasteiger partial charge in [0.15, 0.2) is 0 Å². The van der Waals surface area contributed by atoms with Gasteiger partial charge in [0.25, 0.3) is 0 Å². The second-order valence-electron chi connectivity index (χ2n) is 6.37. The van der Waals surface area contributed by atoms with Crippen LogP contribution in [0, 0.1) is 11.8 Å². The van der Waals surface area contributed by atoms with E-state index < -0.39 is 23.8 Å². The fourth-order valence-corrected chi connectivity index (χ4v) is 2.86. The van der Waals surface area contributed by atoms with Crippen molar-refractivity contribution in [1.29, 1.82) is 0 Å². The molecule has 136 valence electrons. The van der Waals surface area contributed by atoms with Crippen molar-refractivity contribution < 1.29 is 24.2 Å². The average Bonchev–Trinajstić information content (AvgIpc) is 2.94. The zero-order valence-electron chi connectivity index (χ0n) is 14.7. The van der Waals surface area contributed by atoms with Crippen LogP contribution in [0.25, 0.3) is 0 Å². The molecule has 1 saturated heterocycles. The number of carboxylic acid groups (broad SMARTS) is 1. The number of nitrogens with one attached hydrogen (secondary N) is 1. The van der Waals surface area contributed by atoms with E-state index in [2.05, 4.69) is 5.32 Å². The van der Waals surface area contributed by atoms with Gasteiger partial charge in [-0.25, -0.2) is 4.79 Å². The molecule has 25 heavy (non-hydrogen) atoms. The van der Waals surface area contributed by atoms with E-state index in [0.29, 0.717) is 18.0 Å². The van der Waals surface area contributed by atoms with Crippen LogP contribution in [-0.4, -0.2) is 42.1 Å². The van der Waals surface area contributed by atoms with E-state index >= 15 is 0 Å². The molecule has 1 heterocycles. The number of hydrogen-bond acceptors (Lipinski definition) is 4. The lowest BCUT2D eigenvalue weighted by Gasteiger charge is -2.21. The smallest absolute Gasteiger partial charge is 0.326 e. The number of carboxylic acids is 1. The second-order valence-corrected chi connectivity index (χ2v) is 6.37. The molecule has 0 spiro atoms. The zero-order chi connectivity index (χ0) is 18.6. The van der Waals surface area contributed by atoms with Crippen LogP contribution in [0.4, 0.5) is 5.69 Å². The molecule has 7 nitrogen and oxygen atoms in total. The molecular formula is C18H24N2O5. The molecule has 1 aliphatic heterocycles. The summed E-state index contributed by atoms with van der Waals surface area (Å²) in [5.41, 5.74) is 0.628. The highest BCUT2D eigenvalue weighted by atomic mass is 16.5. The molecular weight excluding hydrogens is 324 g/mol. The lowest BCUT2D eigenvalue weighted by molar-refractivity contribution is -0.143. The van der Waals surface area contributed by atoms with Gasteiger partial charge in [-0.2, -0.15) is 0 Å². The molecule has 2 rings (SSSR count). The fourth-order valence-electron chi connectivity index (χ4n) is 2.86. The maximum absolute atomic E-state index is 12.4. The van der Waals surface area contributed by atoms with Gasteiger partial charge in [-0.05, 0) is 25.0 Å². The van der Waals surface area contributed by atoms with Gasteiger partial charge in [0.1, 0.15) is 11.8 Å². The van der Waals surface area contributed by atoms with Gasteiger partial charge in [0, 0.05) is 13.0 Å².